The molecule has 1 rings (SSSR count). The molecule has 1 aromatic carbocycles. The quantitative estimate of drug-likeness (QED) is 0.353. The highest BCUT2D eigenvalue weighted by Crippen LogP contribution is 2.29. The highest BCUT2D eigenvalue weighted by molar-refractivity contribution is 7.89. The maximum atomic E-state index is 12.9. The van der Waals surface area contributed by atoms with Gasteiger partial charge in [-0.05, 0) is 18.9 Å². The summed E-state index contributed by atoms with van der Waals surface area (Å²) < 4.78 is 27.1. The van der Waals surface area contributed by atoms with Crippen LogP contribution in [0.1, 0.15) is 53.4 Å². The first kappa shape index (κ1) is 22.0. The van der Waals surface area contributed by atoms with Crippen LogP contribution in [0.15, 0.2) is 28.2 Å². The highest BCUT2D eigenvalue weighted by atomic mass is 32.2. The molecule has 0 aromatic heterocycles. The molecule has 0 spiro atoms. The van der Waals surface area contributed by atoms with E-state index in [1.807, 2.05) is 13.8 Å². The number of hydrogen-bond donors (Lipinski definition) is 1. The van der Waals surface area contributed by atoms with Crippen LogP contribution in [0.5, 0.6) is 0 Å². The summed E-state index contributed by atoms with van der Waals surface area (Å²) in [7, 11) is -3.86. The van der Waals surface area contributed by atoms with Crippen molar-refractivity contribution in [3.05, 3.63) is 28.3 Å². The first-order valence-electron chi connectivity index (χ1n) is 8.91. The van der Waals surface area contributed by atoms with E-state index < -0.39 is 14.9 Å². The number of nitrogens with zero attached hydrogens (tertiary/aromatic N) is 3. The Morgan fingerprint density at radius 2 is 1.73 bits per heavy atom. The summed E-state index contributed by atoms with van der Waals surface area (Å²) in [6.45, 7) is 8.11. The van der Waals surface area contributed by atoms with Crippen molar-refractivity contribution in [3.8, 4) is 0 Å². The third-order valence-corrected chi connectivity index (χ3v) is 6.00. The van der Waals surface area contributed by atoms with Crippen LogP contribution >= 0.6 is 0 Å². The van der Waals surface area contributed by atoms with Crippen molar-refractivity contribution in [2.24, 2.45) is 5.10 Å². The van der Waals surface area contributed by atoms with Gasteiger partial charge in [0.15, 0.2) is 0 Å². The third kappa shape index (κ3) is 5.50. The fraction of sp³-hybridized carbons (Fsp3) is 0.588. The summed E-state index contributed by atoms with van der Waals surface area (Å²) in [6.07, 6.45) is 3.49. The Morgan fingerprint density at radius 3 is 2.19 bits per heavy atom. The average molecular weight is 385 g/mol. The zero-order valence-electron chi connectivity index (χ0n) is 15.9. The molecule has 0 atom stereocenters. The Hall–Kier alpha value is -2.00. The minimum atomic E-state index is -3.86. The van der Waals surface area contributed by atoms with Crippen molar-refractivity contribution in [2.45, 2.75) is 58.3 Å². The van der Waals surface area contributed by atoms with E-state index in [0.29, 0.717) is 0 Å². The van der Waals surface area contributed by atoms with Gasteiger partial charge >= 0.3 is 0 Å². The molecular formula is C17H28N4O4S. The van der Waals surface area contributed by atoms with E-state index in [2.05, 4.69) is 10.5 Å². The topological polar surface area (TPSA) is 105 Å². The monoisotopic (exact) mass is 384 g/mol. The van der Waals surface area contributed by atoms with Crippen LogP contribution < -0.4 is 5.43 Å². The number of rotatable bonds is 11. The number of non-ortho nitro benzene ring substituents is 1. The second-order valence-electron chi connectivity index (χ2n) is 5.82. The third-order valence-electron chi connectivity index (χ3n) is 3.91. The largest absolute Gasteiger partial charge is 0.277 e. The van der Waals surface area contributed by atoms with Crippen molar-refractivity contribution in [3.63, 3.8) is 0 Å². The van der Waals surface area contributed by atoms with E-state index in [4.69, 9.17) is 0 Å². The van der Waals surface area contributed by atoms with Gasteiger partial charge < -0.3 is 0 Å². The number of anilines is 1. The Labute approximate surface area is 155 Å². The van der Waals surface area contributed by atoms with Crippen molar-refractivity contribution in [1.29, 1.82) is 0 Å². The van der Waals surface area contributed by atoms with Crippen LogP contribution in [-0.2, 0) is 10.0 Å². The first-order chi connectivity index (χ1) is 12.3. The molecule has 0 amide bonds. The van der Waals surface area contributed by atoms with E-state index in [9.17, 15) is 18.5 Å². The molecule has 0 unspecified atom stereocenters. The summed E-state index contributed by atoms with van der Waals surface area (Å²) in [5.41, 5.74) is 3.73. The maximum absolute atomic E-state index is 12.9. The van der Waals surface area contributed by atoms with Crippen molar-refractivity contribution in [1.82, 2.24) is 4.31 Å². The van der Waals surface area contributed by atoms with E-state index in [0.717, 1.165) is 37.5 Å². The fourth-order valence-corrected chi connectivity index (χ4v) is 4.21. The second kappa shape index (κ2) is 10.2. The van der Waals surface area contributed by atoms with Gasteiger partial charge in [-0.15, -0.1) is 0 Å². The Kier molecular flexibility index (Phi) is 8.67. The predicted octanol–water partition coefficient (Wildman–Crippen LogP) is 3.99. The van der Waals surface area contributed by atoms with Crippen LogP contribution in [0.2, 0.25) is 0 Å². The summed E-state index contributed by atoms with van der Waals surface area (Å²) in [6, 6.07) is 3.76. The number of nitro benzene ring substituents is 1. The van der Waals surface area contributed by atoms with Gasteiger partial charge in [0.2, 0.25) is 10.0 Å². The highest BCUT2D eigenvalue weighted by Gasteiger charge is 2.27. The molecule has 8 nitrogen and oxygen atoms in total. The van der Waals surface area contributed by atoms with Crippen LogP contribution in [0.3, 0.4) is 0 Å². The SMILES string of the molecule is CCCC(CCC)=NNc1ccc([N+](=O)[O-])cc1S(=O)(=O)N(CC)CC. The van der Waals surface area contributed by atoms with Gasteiger partial charge in [-0.1, -0.05) is 40.5 Å². The average Bonchev–Trinajstić information content (AvgIpc) is 2.60. The van der Waals surface area contributed by atoms with E-state index >= 15 is 0 Å². The molecule has 146 valence electrons. The number of nitro groups is 1. The molecule has 0 aliphatic carbocycles. The summed E-state index contributed by atoms with van der Waals surface area (Å²) in [5.74, 6) is 0. The minimum absolute atomic E-state index is 0.133. The van der Waals surface area contributed by atoms with Crippen LogP contribution in [0.25, 0.3) is 0 Å². The van der Waals surface area contributed by atoms with Gasteiger partial charge in [-0.25, -0.2) is 8.42 Å². The van der Waals surface area contributed by atoms with Crippen LogP contribution in [0.4, 0.5) is 11.4 Å². The predicted molar refractivity (Wildman–Crippen MR) is 104 cm³/mol. The number of hydrogen-bond acceptors (Lipinski definition) is 6. The van der Waals surface area contributed by atoms with Crippen molar-refractivity contribution < 1.29 is 13.3 Å². The molecule has 0 fully saturated rings. The standard InChI is InChI=1S/C17H28N4O4S/c1-5-9-14(10-6-2)18-19-16-12-11-15(21(22)23)13-17(16)26(24,25)20(7-3)8-4/h11-13,19H,5-10H2,1-4H3. The molecule has 26 heavy (non-hydrogen) atoms. The number of sulfonamides is 1. The lowest BCUT2D eigenvalue weighted by atomic mass is 10.1. The zero-order valence-corrected chi connectivity index (χ0v) is 16.7. The molecule has 1 N–H and O–H groups in total. The van der Waals surface area contributed by atoms with E-state index in [1.165, 1.54) is 16.4 Å². The maximum Gasteiger partial charge on any atom is 0.270 e. The molecule has 0 aliphatic rings. The van der Waals surface area contributed by atoms with Crippen molar-refractivity contribution in [2.75, 3.05) is 18.5 Å². The van der Waals surface area contributed by atoms with Gasteiger partial charge in [0.1, 0.15) is 4.90 Å². The number of benzene rings is 1. The Bertz CT molecular complexity index is 735. The molecule has 0 heterocycles. The van der Waals surface area contributed by atoms with Gasteiger partial charge in [-0.2, -0.15) is 9.41 Å². The van der Waals surface area contributed by atoms with E-state index in [-0.39, 0.29) is 29.4 Å². The lowest BCUT2D eigenvalue weighted by Gasteiger charge is -2.20. The van der Waals surface area contributed by atoms with Gasteiger partial charge in [0.05, 0.1) is 10.6 Å². The number of nitrogens with one attached hydrogen (secondary N) is 1. The molecule has 0 saturated heterocycles. The molecule has 0 bridgehead atoms. The van der Waals surface area contributed by atoms with Crippen molar-refractivity contribution >= 4 is 27.1 Å². The summed E-state index contributed by atoms with van der Waals surface area (Å²) in [5, 5.41) is 15.4. The Morgan fingerprint density at radius 1 is 1.15 bits per heavy atom. The molecular weight excluding hydrogens is 356 g/mol. The lowest BCUT2D eigenvalue weighted by Crippen LogP contribution is -2.31. The van der Waals surface area contributed by atoms with Gasteiger partial charge in [0.25, 0.3) is 5.69 Å². The fourth-order valence-electron chi connectivity index (χ4n) is 2.59. The zero-order chi connectivity index (χ0) is 19.7. The number of hydrazone groups is 1. The minimum Gasteiger partial charge on any atom is -0.277 e. The normalized spacial score (nSPS) is 11.4. The smallest absolute Gasteiger partial charge is 0.270 e. The van der Waals surface area contributed by atoms with Gasteiger partial charge in [0, 0.05) is 30.9 Å². The molecule has 0 radical (unpaired) electrons. The van der Waals surface area contributed by atoms with Crippen LogP contribution in [-0.4, -0.2) is 36.4 Å². The second-order valence-corrected chi connectivity index (χ2v) is 7.72. The van der Waals surface area contributed by atoms with Gasteiger partial charge in [-0.3, -0.25) is 15.5 Å². The first-order valence-corrected chi connectivity index (χ1v) is 10.4. The molecule has 1 aromatic rings. The lowest BCUT2D eigenvalue weighted by molar-refractivity contribution is -0.385. The van der Waals surface area contributed by atoms with Crippen LogP contribution in [0, 0.1) is 10.1 Å². The Balaban J connectivity index is 3.39. The van der Waals surface area contributed by atoms with E-state index in [1.54, 1.807) is 13.8 Å². The molecule has 0 aliphatic heterocycles. The molecule has 9 heteroatoms. The summed E-state index contributed by atoms with van der Waals surface area (Å²) in [4.78, 5) is 10.3. The summed E-state index contributed by atoms with van der Waals surface area (Å²) >= 11 is 0. The molecule has 0 saturated carbocycles.